The third-order valence-electron chi connectivity index (χ3n) is 6.66. The van der Waals surface area contributed by atoms with Gasteiger partial charge >= 0.3 is 0 Å². The van der Waals surface area contributed by atoms with Gasteiger partial charge in [-0.05, 0) is 43.9 Å². The van der Waals surface area contributed by atoms with Crippen LogP contribution in [0.1, 0.15) is 58.1 Å². The second kappa shape index (κ2) is 12.6. The van der Waals surface area contributed by atoms with Crippen LogP contribution < -0.4 is 5.32 Å². The normalized spacial score (nSPS) is 21.4. The van der Waals surface area contributed by atoms with E-state index >= 15 is 0 Å². The molecule has 3 heterocycles. The predicted octanol–water partition coefficient (Wildman–Crippen LogP) is 2.66. The van der Waals surface area contributed by atoms with Crippen molar-refractivity contribution in [2.24, 2.45) is 5.92 Å². The van der Waals surface area contributed by atoms with Crippen molar-refractivity contribution in [2.45, 2.75) is 76.4 Å². The molecule has 0 aromatic carbocycles. The van der Waals surface area contributed by atoms with Crippen LogP contribution in [0.5, 0.6) is 0 Å². The first kappa shape index (κ1) is 27.2. The molecule has 4 atom stereocenters. The Hall–Kier alpha value is -2.83. The van der Waals surface area contributed by atoms with E-state index in [1.165, 1.54) is 0 Å². The van der Waals surface area contributed by atoms with Gasteiger partial charge in [-0.2, -0.15) is 0 Å². The molecule has 3 aromatic rings. The van der Waals surface area contributed by atoms with Crippen molar-refractivity contribution in [1.29, 1.82) is 0 Å². The van der Waals surface area contributed by atoms with Gasteiger partial charge in [0.15, 0.2) is 22.1 Å². The van der Waals surface area contributed by atoms with Gasteiger partial charge < -0.3 is 20.4 Å². The summed E-state index contributed by atoms with van der Waals surface area (Å²) in [6, 6.07) is 3.08. The molecule has 12 heteroatoms. The highest BCUT2D eigenvalue weighted by Crippen LogP contribution is 2.38. The van der Waals surface area contributed by atoms with Gasteiger partial charge in [0.1, 0.15) is 6.10 Å². The molecular formula is C25H36N8O3S. The summed E-state index contributed by atoms with van der Waals surface area (Å²) < 4.78 is 1.55. The lowest BCUT2D eigenvalue weighted by atomic mass is 10.0. The highest BCUT2D eigenvalue weighted by Gasteiger charge is 2.48. The molecular weight excluding hydrogens is 492 g/mol. The number of aliphatic hydroxyl groups excluding tert-OH is 2. The average Bonchev–Trinajstić information content (AvgIpc) is 3.47. The minimum atomic E-state index is -1.22. The summed E-state index contributed by atoms with van der Waals surface area (Å²) in [5, 5.41) is 34.5. The highest BCUT2D eigenvalue weighted by atomic mass is 32.2. The zero-order valence-electron chi connectivity index (χ0n) is 21.6. The molecule has 11 nitrogen and oxygen atoms in total. The van der Waals surface area contributed by atoms with Crippen LogP contribution in [0.4, 0.5) is 5.82 Å². The van der Waals surface area contributed by atoms with E-state index in [1.807, 2.05) is 19.1 Å². The van der Waals surface area contributed by atoms with E-state index in [2.05, 4.69) is 39.4 Å². The van der Waals surface area contributed by atoms with Crippen molar-refractivity contribution in [3.05, 3.63) is 30.1 Å². The number of aromatic nitrogens is 6. The first-order valence-corrected chi connectivity index (χ1v) is 14.0. The third kappa shape index (κ3) is 6.02. The third-order valence-corrected chi connectivity index (χ3v) is 7.71. The van der Waals surface area contributed by atoms with Crippen LogP contribution in [-0.4, -0.2) is 82.0 Å². The SMILES string of the molecule is CCCCNc1nc(SCCC)nc2c1nnn2C1C[C@H](C(=O)N(CC)Cc2ccncc2)C(O)C1O. The second-order valence-electron chi connectivity index (χ2n) is 9.29. The number of anilines is 1. The van der Waals surface area contributed by atoms with Crippen molar-refractivity contribution in [3.63, 3.8) is 0 Å². The van der Waals surface area contributed by atoms with E-state index in [0.29, 0.717) is 35.2 Å². The number of carbonyl (C=O) groups excluding carboxylic acids is 1. The molecule has 0 aliphatic heterocycles. The standard InChI is InChI=1S/C25H36N8O3S/c1-4-7-10-27-22-19-23(29-25(28-22)37-13-5-2)33(31-30-19)18-14-17(20(34)21(18)35)24(36)32(6-3)15-16-8-11-26-12-9-16/h8-9,11-12,17-18,20-21,34-35H,4-7,10,13-15H2,1-3H3,(H,27,28,29)/t17-,18?,20?,21?/m0/s1. The molecule has 1 saturated carbocycles. The van der Waals surface area contributed by atoms with E-state index in [0.717, 1.165) is 37.1 Å². The van der Waals surface area contributed by atoms with Gasteiger partial charge in [-0.3, -0.25) is 9.78 Å². The topological polar surface area (TPSA) is 142 Å². The number of aliphatic hydroxyl groups is 2. The molecule has 0 radical (unpaired) electrons. The lowest BCUT2D eigenvalue weighted by molar-refractivity contribution is -0.140. The van der Waals surface area contributed by atoms with E-state index in [1.54, 1.807) is 33.7 Å². The number of carbonyl (C=O) groups is 1. The van der Waals surface area contributed by atoms with Gasteiger partial charge in [0, 0.05) is 37.8 Å². The van der Waals surface area contributed by atoms with Gasteiger partial charge in [0.25, 0.3) is 0 Å². The Labute approximate surface area is 221 Å². The Morgan fingerprint density at radius 2 is 1.95 bits per heavy atom. The molecule has 3 N–H and O–H groups in total. The van der Waals surface area contributed by atoms with Crippen molar-refractivity contribution < 1.29 is 15.0 Å². The van der Waals surface area contributed by atoms with Gasteiger partial charge in [0.05, 0.1) is 18.1 Å². The molecule has 4 rings (SSSR count). The summed E-state index contributed by atoms with van der Waals surface area (Å²) in [5.74, 6) is 0.513. The minimum Gasteiger partial charge on any atom is -0.390 e. The van der Waals surface area contributed by atoms with Crippen molar-refractivity contribution in [3.8, 4) is 0 Å². The number of hydrogen-bond acceptors (Lipinski definition) is 10. The van der Waals surface area contributed by atoms with Gasteiger partial charge in [-0.1, -0.05) is 37.2 Å². The fraction of sp³-hybridized carbons (Fsp3) is 0.600. The lowest BCUT2D eigenvalue weighted by Crippen LogP contribution is -2.40. The largest absolute Gasteiger partial charge is 0.390 e. The predicted molar refractivity (Wildman–Crippen MR) is 142 cm³/mol. The van der Waals surface area contributed by atoms with Crippen LogP contribution in [0.15, 0.2) is 29.7 Å². The monoisotopic (exact) mass is 528 g/mol. The van der Waals surface area contributed by atoms with Crippen molar-refractivity contribution >= 4 is 34.7 Å². The highest BCUT2D eigenvalue weighted by molar-refractivity contribution is 7.99. The summed E-state index contributed by atoms with van der Waals surface area (Å²) in [7, 11) is 0. The first-order valence-electron chi connectivity index (χ1n) is 13.0. The maximum atomic E-state index is 13.4. The Balaban J connectivity index is 1.60. The molecule has 0 bridgehead atoms. The summed E-state index contributed by atoms with van der Waals surface area (Å²) in [6.45, 7) is 7.76. The summed E-state index contributed by atoms with van der Waals surface area (Å²) >= 11 is 1.55. The maximum absolute atomic E-state index is 13.4. The molecule has 1 aliphatic rings. The van der Waals surface area contributed by atoms with Crippen LogP contribution in [-0.2, 0) is 11.3 Å². The molecule has 1 aliphatic carbocycles. The average molecular weight is 529 g/mol. The lowest BCUT2D eigenvalue weighted by Gasteiger charge is -2.26. The summed E-state index contributed by atoms with van der Waals surface area (Å²) in [5.41, 5.74) is 1.95. The number of thioether (sulfide) groups is 1. The molecule has 0 saturated heterocycles. The Bertz CT molecular complexity index is 1180. The summed E-state index contributed by atoms with van der Waals surface area (Å²) in [4.78, 5) is 28.5. The molecule has 1 fully saturated rings. The molecule has 3 unspecified atom stereocenters. The van der Waals surface area contributed by atoms with E-state index < -0.39 is 24.2 Å². The van der Waals surface area contributed by atoms with Crippen LogP contribution in [0.2, 0.25) is 0 Å². The van der Waals surface area contributed by atoms with Crippen LogP contribution in [0.3, 0.4) is 0 Å². The zero-order chi connectivity index (χ0) is 26.4. The van der Waals surface area contributed by atoms with Gasteiger partial charge in [0.2, 0.25) is 5.91 Å². The Morgan fingerprint density at radius 1 is 1.16 bits per heavy atom. The van der Waals surface area contributed by atoms with Crippen molar-refractivity contribution in [1.82, 2.24) is 34.8 Å². The quantitative estimate of drug-likeness (QED) is 0.182. The number of rotatable bonds is 12. The fourth-order valence-electron chi connectivity index (χ4n) is 4.58. The smallest absolute Gasteiger partial charge is 0.228 e. The van der Waals surface area contributed by atoms with Crippen LogP contribution >= 0.6 is 11.8 Å². The van der Waals surface area contributed by atoms with Crippen LogP contribution in [0, 0.1) is 5.92 Å². The second-order valence-corrected chi connectivity index (χ2v) is 10.4. The van der Waals surface area contributed by atoms with E-state index in [9.17, 15) is 15.0 Å². The van der Waals surface area contributed by atoms with Gasteiger partial charge in [-0.25, -0.2) is 14.6 Å². The molecule has 0 spiro atoms. The van der Waals surface area contributed by atoms with E-state index in [-0.39, 0.29) is 12.3 Å². The van der Waals surface area contributed by atoms with Crippen molar-refractivity contribution in [2.75, 3.05) is 24.2 Å². The first-order chi connectivity index (χ1) is 18.0. The zero-order valence-corrected chi connectivity index (χ0v) is 22.4. The molecule has 1 amide bonds. The molecule has 37 heavy (non-hydrogen) atoms. The fourth-order valence-corrected chi connectivity index (χ4v) is 5.28. The molecule has 3 aromatic heterocycles. The number of nitrogens with one attached hydrogen (secondary N) is 1. The number of amides is 1. The summed E-state index contributed by atoms with van der Waals surface area (Å²) in [6.07, 6.45) is 4.21. The number of pyridine rings is 1. The Morgan fingerprint density at radius 3 is 2.65 bits per heavy atom. The van der Waals surface area contributed by atoms with Crippen LogP contribution in [0.25, 0.3) is 11.2 Å². The molecule has 200 valence electrons. The maximum Gasteiger partial charge on any atom is 0.228 e. The number of fused-ring (bicyclic) bond motifs is 1. The number of unbranched alkanes of at least 4 members (excludes halogenated alkanes) is 1. The van der Waals surface area contributed by atoms with E-state index in [4.69, 9.17) is 4.98 Å². The van der Waals surface area contributed by atoms with Gasteiger partial charge in [-0.15, -0.1) is 5.10 Å². The minimum absolute atomic E-state index is 0.200. The number of hydrogen-bond donors (Lipinski definition) is 3. The number of nitrogens with zero attached hydrogens (tertiary/aromatic N) is 7. The Kier molecular flexibility index (Phi) is 9.28.